The Bertz CT molecular complexity index is 387. The van der Waals surface area contributed by atoms with Gasteiger partial charge in [0.2, 0.25) is 0 Å². The average Bonchev–Trinajstić information content (AvgIpc) is 2.57. The molecule has 0 aliphatic carbocycles. The molecule has 2 rings (SSSR count). The van der Waals surface area contributed by atoms with Crippen LogP contribution in [0.3, 0.4) is 0 Å². The second-order valence-corrected chi connectivity index (χ2v) is 4.52. The van der Waals surface area contributed by atoms with Crippen LogP contribution < -0.4 is 5.32 Å². The summed E-state index contributed by atoms with van der Waals surface area (Å²) in [4.78, 5) is 15.6. The first-order valence-corrected chi connectivity index (χ1v) is 6.13. The number of pyridine rings is 1. The summed E-state index contributed by atoms with van der Waals surface area (Å²) >= 11 is 0. The first-order valence-electron chi connectivity index (χ1n) is 6.13. The summed E-state index contributed by atoms with van der Waals surface area (Å²) in [6, 6.07) is 1.49. The Morgan fingerprint density at radius 2 is 2.29 bits per heavy atom. The van der Waals surface area contributed by atoms with Crippen LogP contribution >= 0.6 is 0 Å². The normalized spacial score (nSPS) is 20.9. The van der Waals surface area contributed by atoms with Gasteiger partial charge in [0.15, 0.2) is 5.78 Å². The zero-order chi connectivity index (χ0) is 12.1. The van der Waals surface area contributed by atoms with Crippen molar-refractivity contribution in [3.05, 3.63) is 29.8 Å². The van der Waals surface area contributed by atoms with Crippen LogP contribution in [0.1, 0.15) is 42.5 Å². The molecule has 1 atom stereocenters. The van der Waals surface area contributed by atoms with Crippen molar-refractivity contribution in [2.75, 3.05) is 6.54 Å². The Hall–Kier alpha value is -1.29. The standard InChI is InChI=1S/C13H17FN2O/c14-11-6-10(8-15-9-11)13(17)7-12-4-2-1-3-5-16-12/h6,8-9,12,16H,1-5,7H2. The quantitative estimate of drug-likeness (QED) is 0.819. The molecule has 3 nitrogen and oxygen atoms in total. The van der Waals surface area contributed by atoms with Crippen molar-refractivity contribution in [1.82, 2.24) is 10.3 Å². The summed E-state index contributed by atoms with van der Waals surface area (Å²) in [7, 11) is 0. The van der Waals surface area contributed by atoms with Gasteiger partial charge in [-0.1, -0.05) is 12.8 Å². The van der Waals surface area contributed by atoms with Crippen molar-refractivity contribution < 1.29 is 9.18 Å². The fourth-order valence-corrected chi connectivity index (χ4v) is 2.18. The predicted octanol–water partition coefficient (Wildman–Crippen LogP) is 2.33. The minimum Gasteiger partial charge on any atom is -0.314 e. The maximum Gasteiger partial charge on any atom is 0.166 e. The lowest BCUT2D eigenvalue weighted by Crippen LogP contribution is -2.30. The van der Waals surface area contributed by atoms with Crippen LogP contribution in [0.4, 0.5) is 4.39 Å². The van der Waals surface area contributed by atoms with Gasteiger partial charge >= 0.3 is 0 Å². The maximum atomic E-state index is 12.9. The molecule has 1 saturated heterocycles. The van der Waals surface area contributed by atoms with Crippen LogP contribution in [0, 0.1) is 5.82 Å². The van der Waals surface area contributed by atoms with E-state index in [1.54, 1.807) is 0 Å². The zero-order valence-corrected chi connectivity index (χ0v) is 9.79. The second kappa shape index (κ2) is 5.87. The molecular formula is C13H17FN2O. The van der Waals surface area contributed by atoms with E-state index in [2.05, 4.69) is 10.3 Å². The predicted molar refractivity (Wildman–Crippen MR) is 63.4 cm³/mol. The number of hydrogen-bond donors (Lipinski definition) is 1. The van der Waals surface area contributed by atoms with Crippen LogP contribution in [0.2, 0.25) is 0 Å². The second-order valence-electron chi connectivity index (χ2n) is 4.52. The van der Waals surface area contributed by atoms with Gasteiger partial charge < -0.3 is 5.32 Å². The Morgan fingerprint density at radius 1 is 1.41 bits per heavy atom. The number of Topliss-reactive ketones (excluding diaryl/α,β-unsaturated/α-hetero) is 1. The van der Waals surface area contributed by atoms with E-state index >= 15 is 0 Å². The number of halogens is 1. The van der Waals surface area contributed by atoms with Crippen molar-refractivity contribution in [2.24, 2.45) is 0 Å². The molecule has 1 aromatic heterocycles. The lowest BCUT2D eigenvalue weighted by molar-refractivity contribution is 0.0967. The number of hydrogen-bond acceptors (Lipinski definition) is 3. The van der Waals surface area contributed by atoms with E-state index in [4.69, 9.17) is 0 Å². The minimum absolute atomic E-state index is 0.0311. The molecule has 2 heterocycles. The van der Waals surface area contributed by atoms with Crippen molar-refractivity contribution in [3.63, 3.8) is 0 Å². The van der Waals surface area contributed by atoms with Gasteiger partial charge in [-0.05, 0) is 25.5 Å². The molecule has 0 spiro atoms. The van der Waals surface area contributed by atoms with Crippen molar-refractivity contribution in [2.45, 2.75) is 38.1 Å². The molecule has 4 heteroatoms. The molecule has 1 N–H and O–H groups in total. The highest BCUT2D eigenvalue weighted by molar-refractivity contribution is 5.96. The Balaban J connectivity index is 1.96. The molecule has 92 valence electrons. The number of nitrogens with one attached hydrogen (secondary N) is 1. The van der Waals surface area contributed by atoms with Crippen molar-refractivity contribution in [1.29, 1.82) is 0 Å². The lowest BCUT2D eigenvalue weighted by Gasteiger charge is -2.14. The molecule has 17 heavy (non-hydrogen) atoms. The van der Waals surface area contributed by atoms with E-state index in [1.165, 1.54) is 25.1 Å². The third-order valence-corrected chi connectivity index (χ3v) is 3.12. The van der Waals surface area contributed by atoms with Crippen molar-refractivity contribution >= 4 is 5.78 Å². The van der Waals surface area contributed by atoms with Gasteiger partial charge in [-0.3, -0.25) is 9.78 Å². The summed E-state index contributed by atoms with van der Waals surface area (Å²) in [6.45, 7) is 0.972. The summed E-state index contributed by atoms with van der Waals surface area (Å²) in [6.07, 6.45) is 7.56. The number of aromatic nitrogens is 1. The maximum absolute atomic E-state index is 12.9. The van der Waals surface area contributed by atoms with Gasteiger partial charge in [-0.2, -0.15) is 0 Å². The van der Waals surface area contributed by atoms with Crippen LogP contribution in [-0.4, -0.2) is 23.4 Å². The molecule has 1 aliphatic heterocycles. The summed E-state index contributed by atoms with van der Waals surface area (Å²) in [5, 5.41) is 3.36. The average molecular weight is 236 g/mol. The molecule has 0 radical (unpaired) electrons. The van der Waals surface area contributed by atoms with E-state index in [-0.39, 0.29) is 11.8 Å². The molecule has 1 aliphatic rings. The number of ketones is 1. The summed E-state index contributed by atoms with van der Waals surface area (Å²) < 4.78 is 12.9. The molecule has 0 amide bonds. The van der Waals surface area contributed by atoms with Crippen LogP contribution in [0.15, 0.2) is 18.5 Å². The third-order valence-electron chi connectivity index (χ3n) is 3.12. The van der Waals surface area contributed by atoms with E-state index < -0.39 is 5.82 Å². The van der Waals surface area contributed by atoms with E-state index in [1.807, 2.05) is 0 Å². The smallest absolute Gasteiger partial charge is 0.166 e. The Morgan fingerprint density at radius 3 is 3.12 bits per heavy atom. The van der Waals surface area contributed by atoms with E-state index in [0.29, 0.717) is 12.0 Å². The van der Waals surface area contributed by atoms with Gasteiger partial charge in [0.05, 0.1) is 6.20 Å². The molecule has 0 bridgehead atoms. The number of carbonyl (C=O) groups excluding carboxylic acids is 1. The molecule has 0 saturated carbocycles. The van der Waals surface area contributed by atoms with Gasteiger partial charge in [-0.15, -0.1) is 0 Å². The minimum atomic E-state index is -0.454. The number of carbonyl (C=O) groups is 1. The Kier molecular flexibility index (Phi) is 4.20. The molecule has 0 aromatic carbocycles. The van der Waals surface area contributed by atoms with E-state index in [0.717, 1.165) is 25.6 Å². The molecular weight excluding hydrogens is 219 g/mol. The monoisotopic (exact) mass is 236 g/mol. The SMILES string of the molecule is O=C(CC1CCCCCN1)c1cncc(F)c1. The van der Waals surface area contributed by atoms with Crippen molar-refractivity contribution in [3.8, 4) is 0 Å². The first-order chi connectivity index (χ1) is 8.25. The van der Waals surface area contributed by atoms with Gasteiger partial charge in [0.1, 0.15) is 5.82 Å². The molecule has 1 aromatic rings. The van der Waals surface area contributed by atoms with Crippen LogP contribution in [0.5, 0.6) is 0 Å². The van der Waals surface area contributed by atoms with Gasteiger partial charge in [0.25, 0.3) is 0 Å². The highest BCUT2D eigenvalue weighted by atomic mass is 19.1. The van der Waals surface area contributed by atoms with Crippen LogP contribution in [0.25, 0.3) is 0 Å². The summed E-state index contributed by atoms with van der Waals surface area (Å²) in [5.41, 5.74) is 0.371. The van der Waals surface area contributed by atoms with E-state index in [9.17, 15) is 9.18 Å². The number of nitrogens with zero attached hydrogens (tertiary/aromatic N) is 1. The third kappa shape index (κ3) is 3.60. The highest BCUT2D eigenvalue weighted by Crippen LogP contribution is 2.14. The van der Waals surface area contributed by atoms with Crippen LogP contribution in [-0.2, 0) is 0 Å². The van der Waals surface area contributed by atoms with Gasteiger partial charge in [-0.25, -0.2) is 4.39 Å². The largest absolute Gasteiger partial charge is 0.314 e. The fraction of sp³-hybridized carbons (Fsp3) is 0.538. The Labute approximate surface area is 100 Å². The number of rotatable bonds is 3. The molecule has 1 unspecified atom stereocenters. The lowest BCUT2D eigenvalue weighted by atomic mass is 10.0. The summed E-state index contributed by atoms with van der Waals surface area (Å²) in [5.74, 6) is -0.485. The highest BCUT2D eigenvalue weighted by Gasteiger charge is 2.17. The van der Waals surface area contributed by atoms with Gasteiger partial charge in [0, 0.05) is 24.2 Å². The first kappa shape index (κ1) is 12.2. The fourth-order valence-electron chi connectivity index (χ4n) is 2.18. The molecule has 1 fully saturated rings. The topological polar surface area (TPSA) is 42.0 Å². The zero-order valence-electron chi connectivity index (χ0n) is 9.79.